The largest absolute Gasteiger partial charge is 0.508 e. The number of carbonyl (C=O) groups excluding carboxylic acids is 1. The molecule has 1 aliphatic rings. The van der Waals surface area contributed by atoms with Crippen LogP contribution in [-0.4, -0.2) is 26.7 Å². The molecule has 2 aromatic carbocycles. The third kappa shape index (κ3) is 2.93. The van der Waals surface area contributed by atoms with Gasteiger partial charge in [0.25, 0.3) is 0 Å². The molecule has 0 unspecified atom stereocenters. The van der Waals surface area contributed by atoms with E-state index in [1.54, 1.807) is 12.1 Å². The van der Waals surface area contributed by atoms with Crippen molar-refractivity contribution in [3.63, 3.8) is 0 Å². The first-order valence-electron chi connectivity index (χ1n) is 7.55. The normalized spacial score (nSPS) is 14.8. The summed E-state index contributed by atoms with van der Waals surface area (Å²) in [6, 6.07) is 7.22. The lowest BCUT2D eigenvalue weighted by molar-refractivity contribution is 0.0989. The van der Waals surface area contributed by atoms with Gasteiger partial charge in [0.1, 0.15) is 28.6 Å². The van der Waals surface area contributed by atoms with E-state index in [0.717, 1.165) is 0 Å². The standard InChI is InChI=1S/C19H18O5/c1-19(2)8-7-14-17(24-19)6-5-13(18(14)23)16(22)9-11-3-4-12(20)10-15(11)21/h3-8,10,20-21,23H,9H2,1-2H3. The van der Waals surface area contributed by atoms with Gasteiger partial charge in [-0.15, -0.1) is 0 Å². The Kier molecular flexibility index (Phi) is 3.72. The molecule has 0 aliphatic carbocycles. The van der Waals surface area contributed by atoms with E-state index in [2.05, 4.69) is 0 Å². The molecule has 1 heterocycles. The minimum absolute atomic E-state index is 0.0785. The van der Waals surface area contributed by atoms with E-state index in [1.165, 1.54) is 24.3 Å². The smallest absolute Gasteiger partial charge is 0.171 e. The third-order valence-corrected chi connectivity index (χ3v) is 3.92. The van der Waals surface area contributed by atoms with Gasteiger partial charge in [0, 0.05) is 18.1 Å². The van der Waals surface area contributed by atoms with Gasteiger partial charge in [-0.3, -0.25) is 4.79 Å². The first kappa shape index (κ1) is 15.9. The van der Waals surface area contributed by atoms with E-state index in [1.807, 2.05) is 19.9 Å². The second-order valence-corrected chi connectivity index (χ2v) is 6.33. The van der Waals surface area contributed by atoms with Gasteiger partial charge in [0.2, 0.25) is 0 Å². The number of hydrogen-bond donors (Lipinski definition) is 3. The van der Waals surface area contributed by atoms with E-state index in [9.17, 15) is 20.1 Å². The predicted octanol–water partition coefficient (Wildman–Crippen LogP) is 3.41. The highest BCUT2D eigenvalue weighted by Gasteiger charge is 2.26. The topological polar surface area (TPSA) is 87.0 Å². The van der Waals surface area contributed by atoms with Crippen molar-refractivity contribution in [1.29, 1.82) is 0 Å². The van der Waals surface area contributed by atoms with Crippen molar-refractivity contribution in [2.45, 2.75) is 25.9 Å². The van der Waals surface area contributed by atoms with E-state index in [4.69, 9.17) is 4.74 Å². The quantitative estimate of drug-likeness (QED) is 0.752. The molecule has 5 heteroatoms. The number of hydrogen-bond acceptors (Lipinski definition) is 5. The second-order valence-electron chi connectivity index (χ2n) is 6.33. The average molecular weight is 326 g/mol. The van der Waals surface area contributed by atoms with Gasteiger partial charge in [-0.1, -0.05) is 6.07 Å². The Morgan fingerprint density at radius 2 is 1.88 bits per heavy atom. The fraction of sp³-hybridized carbons (Fsp3) is 0.211. The summed E-state index contributed by atoms with van der Waals surface area (Å²) in [6.07, 6.45) is 3.46. The van der Waals surface area contributed by atoms with Gasteiger partial charge < -0.3 is 20.1 Å². The third-order valence-electron chi connectivity index (χ3n) is 3.92. The summed E-state index contributed by atoms with van der Waals surface area (Å²) in [5.41, 5.74) is 0.537. The molecule has 24 heavy (non-hydrogen) atoms. The minimum atomic E-state index is -0.469. The molecule has 0 aromatic heterocycles. The highest BCUT2D eigenvalue weighted by molar-refractivity contribution is 6.01. The molecule has 3 N–H and O–H groups in total. The molecule has 0 bridgehead atoms. The molecule has 3 rings (SSSR count). The maximum absolute atomic E-state index is 12.5. The molecule has 0 saturated heterocycles. The summed E-state index contributed by atoms with van der Waals surface area (Å²) in [5, 5.41) is 29.5. The van der Waals surface area contributed by atoms with E-state index in [0.29, 0.717) is 16.9 Å². The lowest BCUT2D eigenvalue weighted by Gasteiger charge is -2.28. The fourth-order valence-electron chi connectivity index (χ4n) is 2.64. The van der Waals surface area contributed by atoms with Crippen molar-refractivity contribution in [2.24, 2.45) is 0 Å². The maximum atomic E-state index is 12.5. The van der Waals surface area contributed by atoms with Crippen LogP contribution < -0.4 is 4.74 Å². The zero-order valence-corrected chi connectivity index (χ0v) is 13.4. The number of ketones is 1. The molecule has 2 aromatic rings. The van der Waals surface area contributed by atoms with Crippen LogP contribution in [-0.2, 0) is 6.42 Å². The Hall–Kier alpha value is -2.95. The van der Waals surface area contributed by atoms with Crippen LogP contribution in [0.2, 0.25) is 0 Å². The Labute approximate surface area is 139 Å². The summed E-state index contributed by atoms with van der Waals surface area (Å²) in [4.78, 5) is 12.5. The first-order valence-corrected chi connectivity index (χ1v) is 7.55. The monoisotopic (exact) mass is 326 g/mol. The number of phenolic OH excluding ortho intramolecular Hbond substituents is 3. The van der Waals surface area contributed by atoms with Crippen LogP contribution in [0.25, 0.3) is 6.08 Å². The summed E-state index contributed by atoms with van der Waals surface area (Å²) < 4.78 is 5.76. The van der Waals surface area contributed by atoms with Crippen LogP contribution >= 0.6 is 0 Å². The van der Waals surface area contributed by atoms with E-state index >= 15 is 0 Å². The SMILES string of the molecule is CC1(C)C=Cc2c(ccc(C(=O)Cc3ccc(O)cc3O)c2O)O1. The molecule has 1 aliphatic heterocycles. The zero-order chi connectivity index (χ0) is 17.5. The number of fused-ring (bicyclic) bond motifs is 1. The van der Waals surface area contributed by atoms with E-state index in [-0.39, 0.29) is 35.0 Å². The lowest BCUT2D eigenvalue weighted by Crippen LogP contribution is -2.27. The minimum Gasteiger partial charge on any atom is -0.508 e. The summed E-state index contributed by atoms with van der Waals surface area (Å²) in [6.45, 7) is 3.80. The number of aromatic hydroxyl groups is 3. The van der Waals surface area contributed by atoms with Gasteiger partial charge in [-0.2, -0.15) is 0 Å². The van der Waals surface area contributed by atoms with Crippen molar-refractivity contribution in [2.75, 3.05) is 0 Å². The van der Waals surface area contributed by atoms with Gasteiger partial charge in [-0.05, 0) is 44.2 Å². The summed E-state index contributed by atoms with van der Waals surface area (Å²) in [7, 11) is 0. The van der Waals surface area contributed by atoms with Crippen LogP contribution in [0.3, 0.4) is 0 Å². The molecular formula is C19H18O5. The number of rotatable bonds is 3. The van der Waals surface area contributed by atoms with Gasteiger partial charge in [-0.25, -0.2) is 0 Å². The predicted molar refractivity (Wildman–Crippen MR) is 89.7 cm³/mol. The Bertz CT molecular complexity index is 849. The number of Topliss-reactive ketones (excluding diaryl/α,β-unsaturated/α-hetero) is 1. The van der Waals surface area contributed by atoms with Crippen molar-refractivity contribution in [1.82, 2.24) is 0 Å². The molecule has 0 fully saturated rings. The summed E-state index contributed by atoms with van der Waals surface area (Å²) >= 11 is 0. The van der Waals surface area contributed by atoms with Crippen molar-refractivity contribution >= 4 is 11.9 Å². The molecule has 124 valence electrons. The van der Waals surface area contributed by atoms with Gasteiger partial charge in [0.05, 0.1) is 11.1 Å². The van der Waals surface area contributed by atoms with Gasteiger partial charge in [0.15, 0.2) is 5.78 Å². The van der Waals surface area contributed by atoms with Crippen LogP contribution in [0.1, 0.15) is 35.3 Å². The van der Waals surface area contributed by atoms with E-state index < -0.39 is 5.60 Å². The molecule has 5 nitrogen and oxygen atoms in total. The molecular weight excluding hydrogens is 308 g/mol. The number of phenols is 3. The zero-order valence-electron chi connectivity index (χ0n) is 13.4. The lowest BCUT2D eigenvalue weighted by atomic mass is 9.96. The van der Waals surface area contributed by atoms with Crippen LogP contribution in [0.5, 0.6) is 23.0 Å². The van der Waals surface area contributed by atoms with Crippen LogP contribution in [0, 0.1) is 0 Å². The molecule has 0 spiro atoms. The Morgan fingerprint density at radius 3 is 2.58 bits per heavy atom. The number of benzene rings is 2. The number of carbonyl (C=O) groups is 1. The highest BCUT2D eigenvalue weighted by Crippen LogP contribution is 2.39. The van der Waals surface area contributed by atoms with Crippen molar-refractivity contribution < 1.29 is 24.9 Å². The first-order chi connectivity index (χ1) is 11.3. The maximum Gasteiger partial charge on any atom is 0.171 e. The molecule has 0 saturated carbocycles. The fourth-order valence-corrected chi connectivity index (χ4v) is 2.64. The Balaban J connectivity index is 1.91. The average Bonchev–Trinajstić information content (AvgIpc) is 2.49. The molecule has 0 radical (unpaired) electrons. The van der Waals surface area contributed by atoms with Crippen molar-refractivity contribution in [3.05, 3.63) is 53.1 Å². The van der Waals surface area contributed by atoms with Crippen LogP contribution in [0.15, 0.2) is 36.4 Å². The highest BCUT2D eigenvalue weighted by atomic mass is 16.5. The summed E-state index contributed by atoms with van der Waals surface area (Å²) in [5.74, 6) is -0.197. The van der Waals surface area contributed by atoms with Crippen molar-refractivity contribution in [3.8, 4) is 23.0 Å². The second kappa shape index (κ2) is 5.60. The van der Waals surface area contributed by atoms with Crippen LogP contribution in [0.4, 0.5) is 0 Å². The Morgan fingerprint density at radius 1 is 1.12 bits per heavy atom. The molecule has 0 atom stereocenters. The van der Waals surface area contributed by atoms with Gasteiger partial charge >= 0.3 is 0 Å². The molecule has 0 amide bonds. The number of ether oxygens (including phenoxy) is 1.